The zero-order valence-corrected chi connectivity index (χ0v) is 15.8. The molecule has 0 radical (unpaired) electrons. The van der Waals surface area contributed by atoms with E-state index in [-0.39, 0.29) is 12.0 Å². The SMILES string of the molecule is Cc1cccc(C(=O)N2CC3CN(C(=O)OC(C)(C)C)CC3C2)c1C. The van der Waals surface area contributed by atoms with E-state index in [0.717, 1.165) is 29.8 Å². The van der Waals surface area contributed by atoms with Gasteiger partial charge >= 0.3 is 6.09 Å². The fraction of sp³-hybridized carbons (Fsp3) is 0.600. The zero-order chi connectivity index (χ0) is 18.4. The summed E-state index contributed by atoms with van der Waals surface area (Å²) in [6.45, 7) is 12.5. The summed E-state index contributed by atoms with van der Waals surface area (Å²) in [5.41, 5.74) is 2.52. The van der Waals surface area contributed by atoms with E-state index in [9.17, 15) is 9.59 Å². The van der Waals surface area contributed by atoms with Crippen LogP contribution in [-0.4, -0.2) is 53.6 Å². The lowest BCUT2D eigenvalue weighted by Gasteiger charge is -2.26. The Kier molecular flexibility index (Phi) is 4.52. The average Bonchev–Trinajstić information content (AvgIpc) is 3.06. The summed E-state index contributed by atoms with van der Waals surface area (Å²) in [5, 5.41) is 0. The van der Waals surface area contributed by atoms with Crippen molar-refractivity contribution in [1.29, 1.82) is 0 Å². The van der Waals surface area contributed by atoms with Crippen LogP contribution in [0.1, 0.15) is 42.3 Å². The van der Waals surface area contributed by atoms with E-state index in [1.165, 1.54) is 0 Å². The maximum atomic E-state index is 12.9. The first-order valence-electron chi connectivity index (χ1n) is 8.99. The van der Waals surface area contributed by atoms with Gasteiger partial charge in [-0.05, 0) is 51.8 Å². The summed E-state index contributed by atoms with van der Waals surface area (Å²) < 4.78 is 5.47. The van der Waals surface area contributed by atoms with Gasteiger partial charge in [0.25, 0.3) is 5.91 Å². The molecular weight excluding hydrogens is 316 g/mol. The van der Waals surface area contributed by atoms with Gasteiger partial charge in [-0.25, -0.2) is 4.79 Å². The molecule has 136 valence electrons. The summed E-state index contributed by atoms with van der Waals surface area (Å²) in [6, 6.07) is 5.88. The van der Waals surface area contributed by atoms with Crippen molar-refractivity contribution in [2.24, 2.45) is 11.8 Å². The lowest BCUT2D eigenvalue weighted by atomic mass is 10.0. The maximum Gasteiger partial charge on any atom is 0.410 e. The second-order valence-corrected chi connectivity index (χ2v) is 8.36. The molecule has 0 spiro atoms. The maximum absolute atomic E-state index is 12.9. The second kappa shape index (κ2) is 6.36. The molecular formula is C20H28N2O3. The highest BCUT2D eigenvalue weighted by Gasteiger charge is 2.44. The van der Waals surface area contributed by atoms with Crippen molar-refractivity contribution < 1.29 is 14.3 Å². The Morgan fingerprint density at radius 2 is 1.56 bits per heavy atom. The molecule has 2 heterocycles. The number of ether oxygens (including phenoxy) is 1. The van der Waals surface area contributed by atoms with Crippen LogP contribution >= 0.6 is 0 Å². The van der Waals surface area contributed by atoms with Crippen LogP contribution in [0, 0.1) is 25.7 Å². The highest BCUT2D eigenvalue weighted by molar-refractivity contribution is 5.96. The Morgan fingerprint density at radius 3 is 2.12 bits per heavy atom. The van der Waals surface area contributed by atoms with Crippen LogP contribution in [0.15, 0.2) is 18.2 Å². The first-order chi connectivity index (χ1) is 11.7. The van der Waals surface area contributed by atoms with E-state index in [1.807, 2.05) is 57.7 Å². The molecule has 2 atom stereocenters. The van der Waals surface area contributed by atoms with Crippen molar-refractivity contribution in [3.05, 3.63) is 34.9 Å². The van der Waals surface area contributed by atoms with Crippen molar-refractivity contribution in [2.75, 3.05) is 26.2 Å². The van der Waals surface area contributed by atoms with Gasteiger partial charge < -0.3 is 14.5 Å². The molecule has 1 aromatic rings. The molecule has 0 saturated carbocycles. The first-order valence-corrected chi connectivity index (χ1v) is 8.99. The summed E-state index contributed by atoms with van der Waals surface area (Å²) in [6.07, 6.45) is -0.241. The molecule has 2 unspecified atom stereocenters. The number of likely N-dealkylation sites (tertiary alicyclic amines) is 2. The molecule has 1 aromatic carbocycles. The van der Waals surface area contributed by atoms with Crippen LogP contribution in [0.5, 0.6) is 0 Å². The van der Waals surface area contributed by atoms with Crippen molar-refractivity contribution in [1.82, 2.24) is 9.80 Å². The lowest BCUT2D eigenvalue weighted by Crippen LogP contribution is -2.38. The molecule has 3 rings (SSSR count). The van der Waals surface area contributed by atoms with Crippen LogP contribution in [0.3, 0.4) is 0 Å². The molecule has 2 fully saturated rings. The Labute approximate surface area is 149 Å². The minimum absolute atomic E-state index is 0.111. The van der Waals surface area contributed by atoms with Crippen LogP contribution < -0.4 is 0 Å². The van der Waals surface area contributed by atoms with Crippen LogP contribution in [0.4, 0.5) is 4.79 Å². The van der Waals surface area contributed by atoms with Crippen molar-refractivity contribution in [3.8, 4) is 0 Å². The molecule has 2 aliphatic heterocycles. The van der Waals surface area contributed by atoms with Gasteiger partial charge in [0.1, 0.15) is 5.60 Å². The standard InChI is InChI=1S/C20H28N2O3/c1-13-7-6-8-17(14(13)2)18(23)21-9-15-11-22(12-16(15)10-21)19(24)25-20(3,4)5/h6-8,15-16H,9-12H2,1-5H3. The minimum atomic E-state index is -0.473. The topological polar surface area (TPSA) is 49.9 Å². The predicted molar refractivity (Wildman–Crippen MR) is 96.6 cm³/mol. The van der Waals surface area contributed by atoms with Gasteiger partial charge in [0.2, 0.25) is 0 Å². The highest BCUT2D eigenvalue weighted by atomic mass is 16.6. The molecule has 0 aromatic heterocycles. The lowest BCUT2D eigenvalue weighted by molar-refractivity contribution is 0.0275. The smallest absolute Gasteiger partial charge is 0.410 e. The van der Waals surface area contributed by atoms with E-state index < -0.39 is 5.60 Å². The van der Waals surface area contributed by atoms with E-state index in [2.05, 4.69) is 0 Å². The van der Waals surface area contributed by atoms with E-state index in [4.69, 9.17) is 4.74 Å². The third-order valence-corrected chi connectivity index (χ3v) is 5.26. The van der Waals surface area contributed by atoms with E-state index >= 15 is 0 Å². The fourth-order valence-electron chi connectivity index (χ4n) is 3.79. The molecule has 2 aliphatic rings. The summed E-state index contributed by atoms with van der Waals surface area (Å²) in [4.78, 5) is 28.8. The Morgan fingerprint density at radius 1 is 1.00 bits per heavy atom. The zero-order valence-electron chi connectivity index (χ0n) is 15.8. The number of carbonyl (C=O) groups is 2. The van der Waals surface area contributed by atoms with Crippen molar-refractivity contribution in [2.45, 2.75) is 40.2 Å². The van der Waals surface area contributed by atoms with Gasteiger partial charge in [-0.1, -0.05) is 12.1 Å². The molecule has 5 heteroatoms. The third-order valence-electron chi connectivity index (χ3n) is 5.26. The van der Waals surface area contributed by atoms with Crippen molar-refractivity contribution >= 4 is 12.0 Å². The minimum Gasteiger partial charge on any atom is -0.444 e. The first kappa shape index (κ1) is 17.8. The number of hydrogen-bond donors (Lipinski definition) is 0. The number of hydrogen-bond acceptors (Lipinski definition) is 3. The molecule has 0 bridgehead atoms. The number of carbonyl (C=O) groups excluding carboxylic acids is 2. The monoisotopic (exact) mass is 344 g/mol. The van der Waals surface area contributed by atoms with Gasteiger partial charge in [-0.3, -0.25) is 4.79 Å². The number of fused-ring (bicyclic) bond motifs is 1. The summed E-state index contributed by atoms with van der Waals surface area (Å²) in [7, 11) is 0. The fourth-order valence-corrected chi connectivity index (χ4v) is 3.79. The molecule has 5 nitrogen and oxygen atoms in total. The number of benzene rings is 1. The number of amides is 2. The molecule has 25 heavy (non-hydrogen) atoms. The highest BCUT2D eigenvalue weighted by Crippen LogP contribution is 2.33. The molecule has 2 saturated heterocycles. The average molecular weight is 344 g/mol. The van der Waals surface area contributed by atoms with Crippen molar-refractivity contribution in [3.63, 3.8) is 0 Å². The van der Waals surface area contributed by atoms with Crippen LogP contribution in [-0.2, 0) is 4.74 Å². The Hall–Kier alpha value is -2.04. The predicted octanol–water partition coefficient (Wildman–Crippen LogP) is 3.24. The Bertz CT molecular complexity index is 679. The van der Waals surface area contributed by atoms with Gasteiger partial charge in [-0.15, -0.1) is 0 Å². The molecule has 2 amide bonds. The van der Waals surface area contributed by atoms with Gasteiger partial charge in [0, 0.05) is 43.6 Å². The quantitative estimate of drug-likeness (QED) is 0.786. The summed E-state index contributed by atoms with van der Waals surface area (Å²) >= 11 is 0. The van der Waals surface area contributed by atoms with Gasteiger partial charge in [0.15, 0.2) is 0 Å². The second-order valence-electron chi connectivity index (χ2n) is 8.36. The van der Waals surface area contributed by atoms with Gasteiger partial charge in [-0.2, -0.15) is 0 Å². The Balaban J connectivity index is 1.62. The van der Waals surface area contributed by atoms with E-state index in [1.54, 1.807) is 4.90 Å². The largest absolute Gasteiger partial charge is 0.444 e. The van der Waals surface area contributed by atoms with E-state index in [0.29, 0.717) is 24.9 Å². The van der Waals surface area contributed by atoms with Crippen LogP contribution in [0.25, 0.3) is 0 Å². The summed E-state index contributed by atoms with van der Waals surface area (Å²) in [5.74, 6) is 0.808. The number of aryl methyl sites for hydroxylation is 1. The normalized spacial score (nSPS) is 22.9. The molecule has 0 N–H and O–H groups in total. The van der Waals surface area contributed by atoms with Crippen LogP contribution in [0.2, 0.25) is 0 Å². The third kappa shape index (κ3) is 3.65. The van der Waals surface area contributed by atoms with Gasteiger partial charge in [0.05, 0.1) is 0 Å². The molecule has 0 aliphatic carbocycles. The number of rotatable bonds is 1. The number of nitrogens with zero attached hydrogens (tertiary/aromatic N) is 2.